The highest BCUT2D eigenvalue weighted by atomic mass is 19.1. The van der Waals surface area contributed by atoms with Gasteiger partial charge in [-0.05, 0) is 37.0 Å². The minimum atomic E-state index is -0.283. The Kier molecular flexibility index (Phi) is 4.18. The van der Waals surface area contributed by atoms with Crippen molar-refractivity contribution >= 4 is 5.69 Å². The normalized spacial score (nSPS) is 22.2. The number of anilines is 1. The van der Waals surface area contributed by atoms with Crippen LogP contribution in [-0.4, -0.2) is 20.8 Å². The minimum Gasteiger partial charge on any atom is -0.382 e. The third kappa shape index (κ3) is 3.06. The average molecular weight is 288 g/mol. The van der Waals surface area contributed by atoms with E-state index in [1.54, 1.807) is 12.1 Å². The number of rotatable bonds is 4. The lowest BCUT2D eigenvalue weighted by atomic mass is 9.83. The van der Waals surface area contributed by atoms with E-state index >= 15 is 0 Å². The molecule has 1 heterocycles. The summed E-state index contributed by atoms with van der Waals surface area (Å²) >= 11 is 0. The fourth-order valence-corrected chi connectivity index (χ4v) is 3.22. The van der Waals surface area contributed by atoms with Crippen LogP contribution >= 0.6 is 0 Å². The molecule has 3 rings (SSSR count). The van der Waals surface area contributed by atoms with E-state index in [0.29, 0.717) is 17.6 Å². The van der Waals surface area contributed by atoms with Gasteiger partial charge in [0.1, 0.15) is 18.3 Å². The van der Waals surface area contributed by atoms with E-state index in [2.05, 4.69) is 22.3 Å². The maximum Gasteiger partial charge on any atom is 0.150 e. The summed E-state index contributed by atoms with van der Waals surface area (Å²) in [5, 5.41) is 7.47. The van der Waals surface area contributed by atoms with Gasteiger partial charge in [0.05, 0.1) is 0 Å². The summed E-state index contributed by atoms with van der Waals surface area (Å²) < 4.78 is 15.7. The molecule has 0 aliphatic heterocycles. The standard InChI is InChI=1S/C16H21FN4/c1-2-12-5-3-4-6-15(12)20-13-7-8-16(14(17)9-13)21-11-18-10-19-21/h7-12,15,20H,2-6H2,1H3. The first kappa shape index (κ1) is 14.0. The van der Waals surface area contributed by atoms with Gasteiger partial charge in [0.25, 0.3) is 0 Å². The number of nitrogens with one attached hydrogen (secondary N) is 1. The molecule has 4 nitrogen and oxygen atoms in total. The molecule has 2 unspecified atom stereocenters. The van der Waals surface area contributed by atoms with Crippen LogP contribution in [0.25, 0.3) is 5.69 Å². The quantitative estimate of drug-likeness (QED) is 0.931. The molecular formula is C16H21FN4. The van der Waals surface area contributed by atoms with E-state index in [1.807, 2.05) is 6.07 Å². The lowest BCUT2D eigenvalue weighted by Gasteiger charge is -2.32. The lowest BCUT2D eigenvalue weighted by molar-refractivity contribution is 0.317. The van der Waals surface area contributed by atoms with Crippen LogP contribution in [0.15, 0.2) is 30.9 Å². The summed E-state index contributed by atoms with van der Waals surface area (Å²) in [6.45, 7) is 2.24. The van der Waals surface area contributed by atoms with Gasteiger partial charge in [0.2, 0.25) is 0 Å². The highest BCUT2D eigenvalue weighted by Gasteiger charge is 2.23. The predicted molar refractivity (Wildman–Crippen MR) is 81.0 cm³/mol. The summed E-state index contributed by atoms with van der Waals surface area (Å²) in [6.07, 6.45) is 9.10. The van der Waals surface area contributed by atoms with E-state index < -0.39 is 0 Å². The minimum absolute atomic E-state index is 0.283. The summed E-state index contributed by atoms with van der Waals surface area (Å²) in [7, 11) is 0. The van der Waals surface area contributed by atoms with Gasteiger partial charge in [0, 0.05) is 11.7 Å². The van der Waals surface area contributed by atoms with Crippen molar-refractivity contribution in [2.24, 2.45) is 5.92 Å². The molecule has 0 saturated heterocycles. The van der Waals surface area contributed by atoms with Crippen LogP contribution in [0.2, 0.25) is 0 Å². The first-order valence-electron chi connectivity index (χ1n) is 7.69. The maximum atomic E-state index is 14.2. The summed E-state index contributed by atoms with van der Waals surface area (Å²) in [5.74, 6) is 0.408. The first-order chi connectivity index (χ1) is 10.3. The molecule has 1 aliphatic rings. The highest BCUT2D eigenvalue weighted by Crippen LogP contribution is 2.30. The summed E-state index contributed by atoms with van der Waals surface area (Å²) in [6, 6.07) is 5.68. The molecule has 1 fully saturated rings. The van der Waals surface area contributed by atoms with Crippen molar-refractivity contribution in [3.8, 4) is 5.69 Å². The Morgan fingerprint density at radius 2 is 2.19 bits per heavy atom. The first-order valence-corrected chi connectivity index (χ1v) is 7.69. The molecule has 1 saturated carbocycles. The number of aromatic nitrogens is 3. The zero-order valence-corrected chi connectivity index (χ0v) is 12.3. The van der Waals surface area contributed by atoms with Crippen LogP contribution in [0.1, 0.15) is 39.0 Å². The van der Waals surface area contributed by atoms with E-state index in [1.165, 1.54) is 49.4 Å². The second kappa shape index (κ2) is 6.24. The fraction of sp³-hybridized carbons (Fsp3) is 0.500. The molecule has 0 spiro atoms. The Hall–Kier alpha value is -1.91. The summed E-state index contributed by atoms with van der Waals surface area (Å²) in [5.41, 5.74) is 1.27. The van der Waals surface area contributed by atoms with Crippen LogP contribution in [0.3, 0.4) is 0 Å². The van der Waals surface area contributed by atoms with Gasteiger partial charge in [-0.1, -0.05) is 26.2 Å². The lowest BCUT2D eigenvalue weighted by Crippen LogP contribution is -2.31. The Bertz CT molecular complexity index is 582. The Balaban J connectivity index is 1.76. The van der Waals surface area contributed by atoms with Crippen molar-refractivity contribution in [3.63, 3.8) is 0 Å². The second-order valence-electron chi connectivity index (χ2n) is 5.71. The number of hydrogen-bond acceptors (Lipinski definition) is 3. The van der Waals surface area contributed by atoms with Gasteiger partial charge in [-0.25, -0.2) is 14.1 Å². The molecular weight excluding hydrogens is 267 g/mol. The monoisotopic (exact) mass is 288 g/mol. The van der Waals surface area contributed by atoms with E-state index in [9.17, 15) is 4.39 Å². The predicted octanol–water partition coefficient (Wildman–Crippen LogP) is 3.79. The van der Waals surface area contributed by atoms with Crippen LogP contribution in [-0.2, 0) is 0 Å². The zero-order valence-electron chi connectivity index (χ0n) is 12.3. The van der Waals surface area contributed by atoms with Gasteiger partial charge in [-0.2, -0.15) is 5.10 Å². The molecule has 1 N–H and O–H groups in total. The van der Waals surface area contributed by atoms with Crippen LogP contribution in [0.5, 0.6) is 0 Å². The van der Waals surface area contributed by atoms with E-state index in [4.69, 9.17) is 0 Å². The van der Waals surface area contributed by atoms with Gasteiger partial charge in [-0.3, -0.25) is 0 Å². The van der Waals surface area contributed by atoms with Gasteiger partial charge in [0.15, 0.2) is 5.82 Å². The van der Waals surface area contributed by atoms with E-state index in [0.717, 1.165) is 5.69 Å². The topological polar surface area (TPSA) is 42.7 Å². The van der Waals surface area contributed by atoms with Crippen molar-refractivity contribution < 1.29 is 4.39 Å². The SMILES string of the molecule is CCC1CCCCC1Nc1ccc(-n2cncn2)c(F)c1. The smallest absolute Gasteiger partial charge is 0.150 e. The van der Waals surface area contributed by atoms with E-state index in [-0.39, 0.29) is 5.82 Å². The molecule has 2 aromatic rings. The van der Waals surface area contributed by atoms with Crippen LogP contribution < -0.4 is 5.32 Å². The maximum absolute atomic E-state index is 14.2. The second-order valence-corrected chi connectivity index (χ2v) is 5.71. The zero-order chi connectivity index (χ0) is 14.7. The van der Waals surface area contributed by atoms with Gasteiger partial charge < -0.3 is 5.32 Å². The number of halogens is 1. The Morgan fingerprint density at radius 1 is 1.33 bits per heavy atom. The van der Waals surface area contributed by atoms with Crippen LogP contribution in [0, 0.1) is 11.7 Å². The molecule has 5 heteroatoms. The third-order valence-electron chi connectivity index (χ3n) is 4.40. The van der Waals surface area contributed by atoms with Gasteiger partial charge >= 0.3 is 0 Å². The molecule has 1 aromatic carbocycles. The van der Waals surface area contributed by atoms with Crippen molar-refractivity contribution in [3.05, 3.63) is 36.7 Å². The highest BCUT2D eigenvalue weighted by molar-refractivity contribution is 5.50. The molecule has 112 valence electrons. The van der Waals surface area contributed by atoms with Crippen molar-refractivity contribution in [2.45, 2.75) is 45.1 Å². The number of hydrogen-bond donors (Lipinski definition) is 1. The Morgan fingerprint density at radius 3 is 2.90 bits per heavy atom. The molecule has 0 radical (unpaired) electrons. The fourth-order valence-electron chi connectivity index (χ4n) is 3.22. The molecule has 1 aromatic heterocycles. The molecule has 0 bridgehead atoms. The van der Waals surface area contributed by atoms with Crippen LogP contribution in [0.4, 0.5) is 10.1 Å². The van der Waals surface area contributed by atoms with Crippen molar-refractivity contribution in [1.29, 1.82) is 0 Å². The molecule has 2 atom stereocenters. The summed E-state index contributed by atoms with van der Waals surface area (Å²) in [4.78, 5) is 3.85. The third-order valence-corrected chi connectivity index (χ3v) is 4.40. The Labute approximate surface area is 124 Å². The molecule has 1 aliphatic carbocycles. The average Bonchev–Trinajstić information content (AvgIpc) is 3.02. The van der Waals surface area contributed by atoms with Crippen molar-refractivity contribution in [2.75, 3.05) is 5.32 Å². The molecule has 0 amide bonds. The number of benzene rings is 1. The molecule has 21 heavy (non-hydrogen) atoms. The van der Waals surface area contributed by atoms with Gasteiger partial charge in [-0.15, -0.1) is 0 Å². The largest absolute Gasteiger partial charge is 0.382 e. The number of nitrogens with zero attached hydrogens (tertiary/aromatic N) is 3. The van der Waals surface area contributed by atoms with Crippen molar-refractivity contribution in [1.82, 2.24) is 14.8 Å².